The molecule has 0 saturated carbocycles. The number of carbonyl (C=O) groups excluding carboxylic acids is 1. The van der Waals surface area contributed by atoms with Crippen LogP contribution < -0.4 is 0 Å². The van der Waals surface area contributed by atoms with Gasteiger partial charge in [-0.05, 0) is 19.0 Å². The van der Waals surface area contributed by atoms with Crippen molar-refractivity contribution in [3.05, 3.63) is 35.9 Å². The van der Waals surface area contributed by atoms with Crippen molar-refractivity contribution in [2.75, 3.05) is 39.9 Å². The molecule has 0 aromatic heterocycles. The topological polar surface area (TPSA) is 32.8 Å². The van der Waals surface area contributed by atoms with E-state index in [0.29, 0.717) is 6.61 Å². The molecule has 2 aliphatic rings. The first-order valence-electron chi connectivity index (χ1n) is 7.37. The van der Waals surface area contributed by atoms with E-state index >= 15 is 0 Å². The van der Waals surface area contributed by atoms with E-state index in [2.05, 4.69) is 29.0 Å². The van der Waals surface area contributed by atoms with E-state index in [1.54, 1.807) is 0 Å². The lowest BCUT2D eigenvalue weighted by Gasteiger charge is -2.41. The van der Waals surface area contributed by atoms with E-state index in [1.807, 2.05) is 18.2 Å². The zero-order valence-electron chi connectivity index (χ0n) is 12.0. The normalized spacial score (nSPS) is 27.8. The van der Waals surface area contributed by atoms with Gasteiger partial charge in [0, 0.05) is 26.2 Å². The molecule has 4 heteroatoms. The maximum atomic E-state index is 12.7. The van der Waals surface area contributed by atoms with Gasteiger partial charge in [0.05, 0.1) is 18.6 Å². The van der Waals surface area contributed by atoms with E-state index in [-0.39, 0.29) is 17.9 Å². The highest BCUT2D eigenvalue weighted by Crippen LogP contribution is 2.28. The number of amides is 1. The van der Waals surface area contributed by atoms with E-state index < -0.39 is 0 Å². The molecule has 2 atom stereocenters. The Kier molecular flexibility index (Phi) is 4.03. The Morgan fingerprint density at radius 3 is 2.75 bits per heavy atom. The van der Waals surface area contributed by atoms with Crippen LogP contribution in [-0.2, 0) is 9.53 Å². The Bertz CT molecular complexity index is 457. The quantitative estimate of drug-likeness (QED) is 0.820. The van der Waals surface area contributed by atoms with Crippen LogP contribution in [0.3, 0.4) is 0 Å². The van der Waals surface area contributed by atoms with Crippen LogP contribution in [0.1, 0.15) is 18.0 Å². The Morgan fingerprint density at radius 1 is 1.25 bits per heavy atom. The number of likely N-dealkylation sites (N-methyl/N-ethyl adjacent to an activating group) is 1. The number of piperazine rings is 1. The molecule has 0 aliphatic carbocycles. The fourth-order valence-electron chi connectivity index (χ4n) is 3.11. The zero-order chi connectivity index (χ0) is 13.9. The van der Waals surface area contributed by atoms with Crippen LogP contribution in [0, 0.1) is 5.92 Å². The number of hydrogen-bond acceptors (Lipinski definition) is 3. The fourth-order valence-corrected chi connectivity index (χ4v) is 3.11. The SMILES string of the molecule is CN1CCN(C(=O)C2CCOC2)C(c2ccccc2)C1. The highest BCUT2D eigenvalue weighted by atomic mass is 16.5. The first kappa shape index (κ1) is 13.6. The highest BCUT2D eigenvalue weighted by molar-refractivity contribution is 5.80. The second-order valence-corrected chi connectivity index (χ2v) is 5.78. The maximum Gasteiger partial charge on any atom is 0.228 e. The fraction of sp³-hybridized carbons (Fsp3) is 0.562. The molecule has 3 rings (SSSR count). The summed E-state index contributed by atoms with van der Waals surface area (Å²) < 4.78 is 5.37. The summed E-state index contributed by atoms with van der Waals surface area (Å²) >= 11 is 0. The average molecular weight is 274 g/mol. The summed E-state index contributed by atoms with van der Waals surface area (Å²) in [7, 11) is 2.12. The Balaban J connectivity index is 1.81. The van der Waals surface area contributed by atoms with Crippen molar-refractivity contribution in [2.45, 2.75) is 12.5 Å². The molecule has 1 amide bonds. The average Bonchev–Trinajstić information content (AvgIpc) is 3.02. The molecule has 2 heterocycles. The lowest BCUT2D eigenvalue weighted by atomic mass is 9.99. The van der Waals surface area contributed by atoms with E-state index in [9.17, 15) is 4.79 Å². The van der Waals surface area contributed by atoms with Gasteiger partial charge in [0.15, 0.2) is 0 Å². The smallest absolute Gasteiger partial charge is 0.228 e. The summed E-state index contributed by atoms with van der Waals surface area (Å²) in [5.74, 6) is 0.328. The Hall–Kier alpha value is -1.39. The third-order valence-electron chi connectivity index (χ3n) is 4.33. The molecule has 2 saturated heterocycles. The number of nitrogens with zero attached hydrogens (tertiary/aromatic N) is 2. The van der Waals surface area contributed by atoms with Crippen molar-refractivity contribution in [3.8, 4) is 0 Å². The lowest BCUT2D eigenvalue weighted by molar-refractivity contribution is -0.140. The number of hydrogen-bond donors (Lipinski definition) is 0. The van der Waals surface area contributed by atoms with Crippen molar-refractivity contribution in [3.63, 3.8) is 0 Å². The van der Waals surface area contributed by atoms with Crippen LogP contribution in [0.15, 0.2) is 30.3 Å². The molecule has 2 aliphatic heterocycles. The van der Waals surface area contributed by atoms with Crippen LogP contribution >= 0.6 is 0 Å². The standard InChI is InChI=1S/C16H22N2O2/c1-17-8-9-18(16(19)14-7-10-20-12-14)15(11-17)13-5-3-2-4-6-13/h2-6,14-15H,7-12H2,1H3. The van der Waals surface area contributed by atoms with Gasteiger partial charge < -0.3 is 14.5 Å². The predicted octanol–water partition coefficient (Wildman–Crippen LogP) is 1.54. The molecule has 2 fully saturated rings. The van der Waals surface area contributed by atoms with Crippen LogP contribution in [0.4, 0.5) is 0 Å². The number of carbonyl (C=O) groups is 1. The lowest BCUT2D eigenvalue weighted by Crippen LogP contribution is -2.51. The van der Waals surface area contributed by atoms with Crippen LogP contribution in [-0.4, -0.2) is 55.6 Å². The van der Waals surface area contributed by atoms with Gasteiger partial charge in [0.2, 0.25) is 5.91 Å². The molecular formula is C16H22N2O2. The molecule has 0 radical (unpaired) electrons. The second-order valence-electron chi connectivity index (χ2n) is 5.78. The molecule has 20 heavy (non-hydrogen) atoms. The second kappa shape index (κ2) is 5.94. The first-order chi connectivity index (χ1) is 9.75. The third-order valence-corrected chi connectivity index (χ3v) is 4.33. The van der Waals surface area contributed by atoms with Crippen LogP contribution in [0.2, 0.25) is 0 Å². The minimum Gasteiger partial charge on any atom is -0.381 e. The molecule has 0 bridgehead atoms. The van der Waals surface area contributed by atoms with Gasteiger partial charge in [0.25, 0.3) is 0 Å². The largest absolute Gasteiger partial charge is 0.381 e. The molecule has 108 valence electrons. The summed E-state index contributed by atoms with van der Waals surface area (Å²) in [5, 5.41) is 0. The number of benzene rings is 1. The van der Waals surface area contributed by atoms with Crippen LogP contribution in [0.25, 0.3) is 0 Å². The van der Waals surface area contributed by atoms with Crippen molar-refractivity contribution in [1.82, 2.24) is 9.80 Å². The third kappa shape index (κ3) is 2.72. The summed E-state index contributed by atoms with van der Waals surface area (Å²) in [6, 6.07) is 10.5. The molecule has 2 unspecified atom stereocenters. The first-order valence-corrected chi connectivity index (χ1v) is 7.37. The van der Waals surface area contributed by atoms with E-state index in [0.717, 1.165) is 32.7 Å². The summed E-state index contributed by atoms with van der Waals surface area (Å²) in [6.07, 6.45) is 0.868. The molecular weight excluding hydrogens is 252 g/mol. The van der Waals surface area contributed by atoms with Crippen molar-refractivity contribution >= 4 is 5.91 Å². The summed E-state index contributed by atoms with van der Waals surface area (Å²) in [5.41, 5.74) is 1.23. The van der Waals surface area contributed by atoms with Gasteiger partial charge in [0.1, 0.15) is 0 Å². The predicted molar refractivity (Wildman–Crippen MR) is 77.3 cm³/mol. The van der Waals surface area contributed by atoms with Gasteiger partial charge in [-0.3, -0.25) is 4.79 Å². The van der Waals surface area contributed by atoms with Gasteiger partial charge in [-0.1, -0.05) is 30.3 Å². The highest BCUT2D eigenvalue weighted by Gasteiger charge is 2.35. The van der Waals surface area contributed by atoms with Crippen molar-refractivity contribution < 1.29 is 9.53 Å². The number of ether oxygens (including phenoxy) is 1. The maximum absolute atomic E-state index is 12.7. The van der Waals surface area contributed by atoms with E-state index in [4.69, 9.17) is 4.74 Å². The van der Waals surface area contributed by atoms with E-state index in [1.165, 1.54) is 5.56 Å². The van der Waals surface area contributed by atoms with Crippen LogP contribution in [0.5, 0.6) is 0 Å². The summed E-state index contributed by atoms with van der Waals surface area (Å²) in [4.78, 5) is 17.1. The van der Waals surface area contributed by atoms with Gasteiger partial charge in [-0.2, -0.15) is 0 Å². The van der Waals surface area contributed by atoms with Gasteiger partial charge >= 0.3 is 0 Å². The zero-order valence-corrected chi connectivity index (χ0v) is 12.0. The molecule has 1 aromatic carbocycles. The minimum absolute atomic E-state index is 0.0598. The van der Waals surface area contributed by atoms with Gasteiger partial charge in [-0.15, -0.1) is 0 Å². The van der Waals surface area contributed by atoms with Gasteiger partial charge in [-0.25, -0.2) is 0 Å². The Morgan fingerprint density at radius 2 is 2.05 bits per heavy atom. The summed E-state index contributed by atoms with van der Waals surface area (Å²) in [6.45, 7) is 3.98. The number of rotatable bonds is 2. The van der Waals surface area contributed by atoms with Crippen molar-refractivity contribution in [1.29, 1.82) is 0 Å². The van der Waals surface area contributed by atoms with Crippen molar-refractivity contribution in [2.24, 2.45) is 5.92 Å². The molecule has 4 nitrogen and oxygen atoms in total. The minimum atomic E-state index is 0.0598. The monoisotopic (exact) mass is 274 g/mol. The Labute approximate surface area is 120 Å². The molecule has 1 aromatic rings. The molecule has 0 N–H and O–H groups in total. The molecule has 0 spiro atoms.